The molecule has 2 rings (SSSR count). The van der Waals surface area contributed by atoms with Crippen molar-refractivity contribution in [3.8, 4) is 11.3 Å². The fourth-order valence-corrected chi connectivity index (χ4v) is 1.89. The summed E-state index contributed by atoms with van der Waals surface area (Å²) in [4.78, 5) is 11.1. The van der Waals surface area contributed by atoms with Crippen LogP contribution in [0.1, 0.15) is 10.6 Å². The van der Waals surface area contributed by atoms with Gasteiger partial charge in [0.1, 0.15) is 5.76 Å². The molecule has 1 heterocycles. The van der Waals surface area contributed by atoms with Gasteiger partial charge in [-0.2, -0.15) is 0 Å². The third kappa shape index (κ3) is 2.61. The number of hydrogen-bond donors (Lipinski definition) is 2. The average Bonchev–Trinajstić information content (AvgIpc) is 2.76. The van der Waals surface area contributed by atoms with Crippen LogP contribution in [0.5, 0.6) is 0 Å². The number of benzene rings is 1. The van der Waals surface area contributed by atoms with Crippen LogP contribution in [0.15, 0.2) is 34.7 Å². The Kier molecular flexibility index (Phi) is 3.38. The molecule has 88 valence electrons. The predicted molar refractivity (Wildman–Crippen MR) is 63.4 cm³/mol. The summed E-state index contributed by atoms with van der Waals surface area (Å²) >= 11 is 11.7. The van der Waals surface area contributed by atoms with Crippen molar-refractivity contribution in [2.45, 2.75) is 0 Å². The number of nitrogens with one attached hydrogen (secondary N) is 1. The number of rotatable bonds is 2. The Labute approximate surface area is 107 Å². The lowest BCUT2D eigenvalue weighted by Crippen LogP contribution is -2.17. The van der Waals surface area contributed by atoms with Gasteiger partial charge < -0.3 is 4.42 Å². The van der Waals surface area contributed by atoms with Gasteiger partial charge in [0.25, 0.3) is 0 Å². The second-order valence-corrected chi connectivity index (χ2v) is 4.14. The van der Waals surface area contributed by atoms with Crippen LogP contribution in [0.4, 0.5) is 0 Å². The highest BCUT2D eigenvalue weighted by Crippen LogP contribution is 2.28. The molecular weight excluding hydrogens is 265 g/mol. The lowest BCUT2D eigenvalue weighted by Gasteiger charge is -1.99. The van der Waals surface area contributed by atoms with Crippen molar-refractivity contribution in [2.75, 3.05) is 0 Å². The van der Waals surface area contributed by atoms with E-state index in [9.17, 15) is 4.79 Å². The minimum atomic E-state index is -0.718. The second kappa shape index (κ2) is 4.79. The van der Waals surface area contributed by atoms with Crippen LogP contribution >= 0.6 is 23.2 Å². The summed E-state index contributed by atoms with van der Waals surface area (Å²) in [6, 6.07) is 7.94. The maximum absolute atomic E-state index is 11.1. The van der Waals surface area contributed by atoms with Gasteiger partial charge in [-0.25, -0.2) is 5.48 Å². The molecule has 1 amide bonds. The van der Waals surface area contributed by atoms with Crippen LogP contribution < -0.4 is 5.48 Å². The number of carbonyl (C=O) groups excluding carboxylic acids is 1. The van der Waals surface area contributed by atoms with E-state index >= 15 is 0 Å². The number of furan rings is 1. The van der Waals surface area contributed by atoms with Gasteiger partial charge in [-0.05, 0) is 30.3 Å². The highest BCUT2D eigenvalue weighted by Gasteiger charge is 2.11. The Balaban J connectivity index is 2.40. The molecule has 0 aliphatic heterocycles. The first-order chi connectivity index (χ1) is 8.10. The van der Waals surface area contributed by atoms with Gasteiger partial charge in [0, 0.05) is 15.6 Å². The minimum Gasteiger partial charge on any atom is -0.451 e. The molecule has 0 saturated carbocycles. The van der Waals surface area contributed by atoms with Crippen molar-refractivity contribution in [2.24, 2.45) is 0 Å². The molecule has 0 saturated heterocycles. The summed E-state index contributed by atoms with van der Waals surface area (Å²) in [6.45, 7) is 0. The zero-order valence-corrected chi connectivity index (χ0v) is 9.92. The fourth-order valence-electron chi connectivity index (χ4n) is 1.37. The molecule has 17 heavy (non-hydrogen) atoms. The van der Waals surface area contributed by atoms with Gasteiger partial charge in [0.05, 0.1) is 0 Å². The Morgan fingerprint density at radius 1 is 1.18 bits per heavy atom. The summed E-state index contributed by atoms with van der Waals surface area (Å²) < 4.78 is 5.24. The van der Waals surface area contributed by atoms with Gasteiger partial charge in [-0.1, -0.05) is 23.2 Å². The maximum Gasteiger partial charge on any atom is 0.310 e. The van der Waals surface area contributed by atoms with E-state index in [-0.39, 0.29) is 5.76 Å². The minimum absolute atomic E-state index is 0.00130. The number of hydrogen-bond acceptors (Lipinski definition) is 3. The maximum atomic E-state index is 11.1. The largest absolute Gasteiger partial charge is 0.451 e. The fraction of sp³-hybridized carbons (Fsp3) is 0. The summed E-state index contributed by atoms with van der Waals surface area (Å²) in [5.74, 6) is -0.282. The molecule has 0 unspecified atom stereocenters. The average molecular weight is 272 g/mol. The van der Waals surface area contributed by atoms with E-state index in [1.807, 2.05) is 0 Å². The van der Waals surface area contributed by atoms with Crippen molar-refractivity contribution < 1.29 is 14.4 Å². The zero-order valence-electron chi connectivity index (χ0n) is 8.41. The predicted octanol–water partition coefficient (Wildman–Crippen LogP) is 3.37. The standard InChI is InChI=1S/C11H7Cl2NO3/c12-7-3-6(4-8(13)5-7)9-1-2-10(17-9)11(15)14-16/h1-5,16H,(H,14,15). The highest BCUT2D eigenvalue weighted by molar-refractivity contribution is 6.35. The molecule has 2 N–H and O–H groups in total. The highest BCUT2D eigenvalue weighted by atomic mass is 35.5. The zero-order chi connectivity index (χ0) is 12.4. The summed E-state index contributed by atoms with van der Waals surface area (Å²) in [5.41, 5.74) is 2.14. The van der Waals surface area contributed by atoms with E-state index in [4.69, 9.17) is 32.8 Å². The molecular formula is C11H7Cl2NO3. The molecule has 0 fully saturated rings. The van der Waals surface area contributed by atoms with Crippen molar-refractivity contribution in [3.63, 3.8) is 0 Å². The Bertz CT molecular complexity index is 545. The lowest BCUT2D eigenvalue weighted by atomic mass is 10.2. The van der Waals surface area contributed by atoms with Gasteiger partial charge >= 0.3 is 5.91 Å². The first kappa shape index (κ1) is 12.0. The van der Waals surface area contributed by atoms with Gasteiger partial charge in [0.2, 0.25) is 0 Å². The van der Waals surface area contributed by atoms with Crippen LogP contribution in [0.25, 0.3) is 11.3 Å². The first-order valence-electron chi connectivity index (χ1n) is 4.61. The number of halogens is 2. The number of amides is 1. The lowest BCUT2D eigenvalue weighted by molar-refractivity contribution is 0.0677. The molecule has 0 aliphatic carbocycles. The van der Waals surface area contributed by atoms with E-state index in [2.05, 4.69) is 0 Å². The van der Waals surface area contributed by atoms with E-state index in [1.54, 1.807) is 24.3 Å². The molecule has 4 nitrogen and oxygen atoms in total. The molecule has 0 aliphatic rings. The quantitative estimate of drug-likeness (QED) is 0.650. The van der Waals surface area contributed by atoms with Crippen LogP contribution in [-0.4, -0.2) is 11.1 Å². The smallest absolute Gasteiger partial charge is 0.310 e. The van der Waals surface area contributed by atoms with Gasteiger partial charge in [-0.3, -0.25) is 10.0 Å². The molecule has 2 aromatic rings. The molecule has 0 bridgehead atoms. The van der Waals surface area contributed by atoms with E-state index in [0.717, 1.165) is 0 Å². The SMILES string of the molecule is O=C(NO)c1ccc(-c2cc(Cl)cc(Cl)c2)o1. The Morgan fingerprint density at radius 3 is 2.41 bits per heavy atom. The van der Waals surface area contributed by atoms with Crippen molar-refractivity contribution >= 4 is 29.1 Å². The topological polar surface area (TPSA) is 62.5 Å². The monoisotopic (exact) mass is 271 g/mol. The van der Waals surface area contributed by atoms with Gasteiger partial charge in [0.15, 0.2) is 5.76 Å². The molecule has 1 aromatic heterocycles. The van der Waals surface area contributed by atoms with Crippen LogP contribution in [0, 0.1) is 0 Å². The van der Waals surface area contributed by atoms with Crippen LogP contribution in [0.2, 0.25) is 10.0 Å². The Morgan fingerprint density at radius 2 is 1.82 bits per heavy atom. The first-order valence-corrected chi connectivity index (χ1v) is 5.36. The van der Waals surface area contributed by atoms with Crippen molar-refractivity contribution in [1.82, 2.24) is 5.48 Å². The summed E-state index contributed by atoms with van der Waals surface area (Å²) in [5, 5.41) is 9.39. The second-order valence-electron chi connectivity index (χ2n) is 3.26. The molecule has 1 aromatic carbocycles. The van der Waals surface area contributed by atoms with E-state index in [0.29, 0.717) is 21.4 Å². The molecule has 6 heteroatoms. The summed E-state index contributed by atoms with van der Waals surface area (Å²) in [7, 11) is 0. The van der Waals surface area contributed by atoms with Gasteiger partial charge in [-0.15, -0.1) is 0 Å². The molecule has 0 atom stereocenters. The van der Waals surface area contributed by atoms with E-state index in [1.165, 1.54) is 11.5 Å². The van der Waals surface area contributed by atoms with Crippen LogP contribution in [0.3, 0.4) is 0 Å². The van der Waals surface area contributed by atoms with Crippen molar-refractivity contribution in [1.29, 1.82) is 0 Å². The number of carbonyl (C=O) groups is 1. The molecule has 0 radical (unpaired) electrons. The van der Waals surface area contributed by atoms with Crippen LogP contribution in [-0.2, 0) is 0 Å². The third-order valence-corrected chi connectivity index (χ3v) is 2.51. The van der Waals surface area contributed by atoms with Crippen molar-refractivity contribution in [3.05, 3.63) is 46.1 Å². The third-order valence-electron chi connectivity index (χ3n) is 2.08. The number of hydroxylamine groups is 1. The normalized spacial score (nSPS) is 10.3. The Hall–Kier alpha value is -1.49. The summed E-state index contributed by atoms with van der Waals surface area (Å²) in [6.07, 6.45) is 0. The molecule has 0 spiro atoms. The van der Waals surface area contributed by atoms with E-state index < -0.39 is 5.91 Å².